The average molecular weight is 330 g/mol. The monoisotopic (exact) mass is 329 g/mol. The summed E-state index contributed by atoms with van der Waals surface area (Å²) >= 11 is 11.7. The van der Waals surface area contributed by atoms with Gasteiger partial charge in [0, 0.05) is 15.7 Å². The fourth-order valence-corrected chi connectivity index (χ4v) is 2.94. The summed E-state index contributed by atoms with van der Waals surface area (Å²) in [5, 5.41) is 3.45. The molecule has 0 atom stereocenters. The zero-order valence-electron chi connectivity index (χ0n) is 11.5. The summed E-state index contributed by atoms with van der Waals surface area (Å²) in [4.78, 5) is 23.6. The largest absolute Gasteiger partial charge is 0.455 e. The van der Waals surface area contributed by atoms with Crippen molar-refractivity contribution in [2.24, 2.45) is 5.92 Å². The van der Waals surface area contributed by atoms with Gasteiger partial charge in [0.05, 0.1) is 5.92 Å². The molecule has 1 aromatic rings. The topological polar surface area (TPSA) is 55.4 Å². The number of esters is 1. The van der Waals surface area contributed by atoms with Crippen LogP contribution in [-0.2, 0) is 14.3 Å². The van der Waals surface area contributed by atoms with Gasteiger partial charge in [0.15, 0.2) is 6.61 Å². The van der Waals surface area contributed by atoms with E-state index in [0.717, 1.165) is 25.7 Å². The van der Waals surface area contributed by atoms with Crippen molar-refractivity contribution in [1.82, 2.24) is 0 Å². The molecule has 0 unspecified atom stereocenters. The van der Waals surface area contributed by atoms with Crippen molar-refractivity contribution < 1.29 is 14.3 Å². The molecule has 1 N–H and O–H groups in total. The van der Waals surface area contributed by atoms with Gasteiger partial charge in [-0.2, -0.15) is 0 Å². The van der Waals surface area contributed by atoms with Gasteiger partial charge in [-0.25, -0.2) is 0 Å². The fraction of sp³-hybridized carbons (Fsp3) is 0.467. The van der Waals surface area contributed by atoms with E-state index in [1.807, 2.05) is 0 Å². The smallest absolute Gasteiger partial charge is 0.309 e. The van der Waals surface area contributed by atoms with E-state index in [4.69, 9.17) is 27.9 Å². The Bertz CT molecular complexity index is 507. The third kappa shape index (κ3) is 5.21. The lowest BCUT2D eigenvalue weighted by Crippen LogP contribution is -2.26. The Morgan fingerprint density at radius 3 is 2.33 bits per heavy atom. The number of carbonyl (C=O) groups is 2. The van der Waals surface area contributed by atoms with Gasteiger partial charge in [-0.3, -0.25) is 9.59 Å². The summed E-state index contributed by atoms with van der Waals surface area (Å²) in [6.45, 7) is -0.292. The first-order valence-corrected chi connectivity index (χ1v) is 7.73. The number of halogens is 2. The van der Waals surface area contributed by atoms with E-state index >= 15 is 0 Å². The van der Waals surface area contributed by atoms with Crippen LogP contribution in [0.1, 0.15) is 32.1 Å². The minimum atomic E-state index is -0.405. The van der Waals surface area contributed by atoms with Crippen LogP contribution in [-0.4, -0.2) is 18.5 Å². The summed E-state index contributed by atoms with van der Waals surface area (Å²) in [7, 11) is 0. The Kier molecular flexibility index (Phi) is 5.88. The van der Waals surface area contributed by atoms with Gasteiger partial charge in [0.1, 0.15) is 0 Å². The van der Waals surface area contributed by atoms with Crippen molar-refractivity contribution in [2.75, 3.05) is 11.9 Å². The van der Waals surface area contributed by atoms with E-state index in [9.17, 15) is 9.59 Å². The number of anilines is 1. The molecule has 21 heavy (non-hydrogen) atoms. The molecule has 1 aromatic carbocycles. The highest BCUT2D eigenvalue weighted by Gasteiger charge is 2.23. The Morgan fingerprint density at radius 1 is 1.10 bits per heavy atom. The number of nitrogens with one attached hydrogen (secondary N) is 1. The van der Waals surface area contributed by atoms with E-state index in [1.165, 1.54) is 6.42 Å². The Morgan fingerprint density at radius 2 is 1.71 bits per heavy atom. The standard InChI is InChI=1S/C15H17Cl2NO3/c16-11-6-12(17)8-13(7-11)18-14(19)9-21-15(20)10-4-2-1-3-5-10/h6-8,10H,1-5,9H2,(H,18,19). The second-order valence-corrected chi connectivity index (χ2v) is 6.02. The van der Waals surface area contributed by atoms with E-state index in [1.54, 1.807) is 18.2 Å². The molecule has 0 radical (unpaired) electrons. The van der Waals surface area contributed by atoms with Crippen LogP contribution >= 0.6 is 23.2 Å². The number of carbonyl (C=O) groups excluding carboxylic acids is 2. The van der Waals surface area contributed by atoms with Crippen LogP contribution in [0, 0.1) is 5.92 Å². The van der Waals surface area contributed by atoms with E-state index in [2.05, 4.69) is 5.32 Å². The number of amides is 1. The number of hydrogen-bond donors (Lipinski definition) is 1. The van der Waals surface area contributed by atoms with Crippen molar-refractivity contribution >= 4 is 40.8 Å². The van der Waals surface area contributed by atoms with Crippen LogP contribution in [0.3, 0.4) is 0 Å². The molecule has 0 bridgehead atoms. The lowest BCUT2D eigenvalue weighted by Gasteiger charge is -2.19. The van der Waals surface area contributed by atoms with Gasteiger partial charge in [-0.1, -0.05) is 42.5 Å². The van der Waals surface area contributed by atoms with E-state index in [0.29, 0.717) is 15.7 Å². The average Bonchev–Trinajstić information content (AvgIpc) is 2.44. The molecular weight excluding hydrogens is 313 g/mol. The molecule has 1 fully saturated rings. The van der Waals surface area contributed by atoms with Gasteiger partial charge in [-0.05, 0) is 31.0 Å². The molecule has 6 heteroatoms. The van der Waals surface area contributed by atoms with Gasteiger partial charge in [-0.15, -0.1) is 0 Å². The number of hydrogen-bond acceptors (Lipinski definition) is 3. The summed E-state index contributed by atoms with van der Waals surface area (Å²) in [6.07, 6.45) is 4.97. The van der Waals surface area contributed by atoms with Crippen LogP contribution in [0.25, 0.3) is 0 Å². The Hall–Kier alpha value is -1.26. The zero-order chi connectivity index (χ0) is 15.2. The van der Waals surface area contributed by atoms with Crippen LogP contribution in [0.2, 0.25) is 10.0 Å². The third-order valence-corrected chi connectivity index (χ3v) is 3.87. The molecule has 114 valence electrons. The summed E-state index contributed by atoms with van der Waals surface area (Å²) in [5.41, 5.74) is 0.478. The fourth-order valence-electron chi connectivity index (χ4n) is 2.42. The maximum atomic E-state index is 11.8. The highest BCUT2D eigenvalue weighted by atomic mass is 35.5. The van der Waals surface area contributed by atoms with Crippen LogP contribution in [0.4, 0.5) is 5.69 Å². The minimum Gasteiger partial charge on any atom is -0.455 e. The predicted octanol–water partition coefficient (Wildman–Crippen LogP) is 4.06. The van der Waals surface area contributed by atoms with Crippen molar-refractivity contribution in [3.05, 3.63) is 28.2 Å². The maximum Gasteiger partial charge on any atom is 0.309 e. The van der Waals surface area contributed by atoms with Crippen LogP contribution in [0.15, 0.2) is 18.2 Å². The number of rotatable bonds is 4. The van der Waals surface area contributed by atoms with Crippen LogP contribution in [0.5, 0.6) is 0 Å². The van der Waals surface area contributed by atoms with Crippen molar-refractivity contribution in [3.8, 4) is 0 Å². The molecule has 1 amide bonds. The Balaban J connectivity index is 1.80. The molecule has 1 aliphatic rings. The molecule has 0 aliphatic heterocycles. The summed E-state index contributed by atoms with van der Waals surface area (Å²) in [6, 6.07) is 4.73. The highest BCUT2D eigenvalue weighted by Crippen LogP contribution is 2.25. The molecular formula is C15H17Cl2NO3. The van der Waals surface area contributed by atoms with E-state index < -0.39 is 5.91 Å². The van der Waals surface area contributed by atoms with Crippen LogP contribution < -0.4 is 5.32 Å². The quantitative estimate of drug-likeness (QED) is 0.847. The van der Waals surface area contributed by atoms with Gasteiger partial charge in [0.2, 0.25) is 0 Å². The summed E-state index contributed by atoms with van der Waals surface area (Å²) in [5.74, 6) is -0.751. The lowest BCUT2D eigenvalue weighted by molar-refractivity contribution is -0.152. The third-order valence-electron chi connectivity index (χ3n) is 3.43. The molecule has 1 saturated carbocycles. The molecule has 4 nitrogen and oxygen atoms in total. The molecule has 2 rings (SSSR count). The second kappa shape index (κ2) is 7.66. The molecule has 0 saturated heterocycles. The first kappa shape index (κ1) is 16.1. The highest BCUT2D eigenvalue weighted by molar-refractivity contribution is 6.35. The van der Waals surface area contributed by atoms with Crippen molar-refractivity contribution in [3.63, 3.8) is 0 Å². The lowest BCUT2D eigenvalue weighted by atomic mass is 9.89. The SMILES string of the molecule is O=C(COC(=O)C1CCCCC1)Nc1cc(Cl)cc(Cl)c1. The van der Waals surface area contributed by atoms with Crippen molar-refractivity contribution in [1.29, 1.82) is 0 Å². The first-order valence-electron chi connectivity index (χ1n) is 6.97. The zero-order valence-corrected chi connectivity index (χ0v) is 13.0. The molecule has 0 aromatic heterocycles. The molecule has 0 spiro atoms. The minimum absolute atomic E-state index is 0.0628. The maximum absolute atomic E-state index is 11.8. The van der Waals surface area contributed by atoms with Gasteiger partial charge in [0.25, 0.3) is 5.91 Å². The second-order valence-electron chi connectivity index (χ2n) is 5.15. The Labute approximate surface area is 133 Å². The number of ether oxygens (including phenoxy) is 1. The predicted molar refractivity (Wildman–Crippen MR) is 82.6 cm³/mol. The van der Waals surface area contributed by atoms with E-state index in [-0.39, 0.29) is 18.5 Å². The summed E-state index contributed by atoms with van der Waals surface area (Å²) < 4.78 is 5.06. The molecule has 1 aliphatic carbocycles. The van der Waals surface area contributed by atoms with Crippen molar-refractivity contribution in [2.45, 2.75) is 32.1 Å². The number of benzene rings is 1. The first-order chi connectivity index (χ1) is 10.0. The van der Waals surface area contributed by atoms with Gasteiger partial charge < -0.3 is 10.1 Å². The normalized spacial score (nSPS) is 15.5. The molecule has 0 heterocycles. The van der Waals surface area contributed by atoms with Gasteiger partial charge >= 0.3 is 5.97 Å².